The van der Waals surface area contributed by atoms with Crippen LogP contribution in [0.25, 0.3) is 0 Å². The molecule has 0 aliphatic heterocycles. The van der Waals surface area contributed by atoms with Crippen molar-refractivity contribution in [3.63, 3.8) is 0 Å². The number of benzene rings is 1. The SMILES string of the molecule is Cc1nnc(NC(=O)C(C)Nc2ccc(F)c(Cl)c2)s1. The van der Waals surface area contributed by atoms with Gasteiger partial charge in [-0.15, -0.1) is 10.2 Å². The van der Waals surface area contributed by atoms with Crippen LogP contribution in [-0.2, 0) is 4.79 Å². The monoisotopic (exact) mass is 314 g/mol. The van der Waals surface area contributed by atoms with Gasteiger partial charge in [-0.3, -0.25) is 10.1 Å². The molecule has 1 unspecified atom stereocenters. The molecule has 0 spiro atoms. The smallest absolute Gasteiger partial charge is 0.248 e. The third kappa shape index (κ3) is 3.64. The largest absolute Gasteiger partial charge is 0.374 e. The standard InChI is InChI=1S/C12H12ClFN4OS/c1-6(11(19)16-12-18-17-7(2)20-12)15-8-3-4-10(14)9(13)5-8/h3-6,15H,1-2H3,(H,16,18,19). The molecule has 1 heterocycles. The molecule has 1 aromatic carbocycles. The summed E-state index contributed by atoms with van der Waals surface area (Å²) in [7, 11) is 0. The maximum Gasteiger partial charge on any atom is 0.248 e. The Bertz CT molecular complexity index is 634. The molecule has 0 saturated heterocycles. The van der Waals surface area contributed by atoms with Crippen LogP contribution < -0.4 is 10.6 Å². The molecule has 2 rings (SSSR count). The molecule has 5 nitrogen and oxygen atoms in total. The topological polar surface area (TPSA) is 66.9 Å². The second-order valence-electron chi connectivity index (χ2n) is 4.11. The summed E-state index contributed by atoms with van der Waals surface area (Å²) in [6.07, 6.45) is 0. The number of carbonyl (C=O) groups excluding carboxylic acids is 1. The molecule has 1 atom stereocenters. The molecular weight excluding hydrogens is 303 g/mol. The van der Waals surface area contributed by atoms with Crippen LogP contribution in [0, 0.1) is 12.7 Å². The summed E-state index contributed by atoms with van der Waals surface area (Å²) >= 11 is 6.97. The highest BCUT2D eigenvalue weighted by molar-refractivity contribution is 7.15. The summed E-state index contributed by atoms with van der Waals surface area (Å²) in [6, 6.07) is 3.65. The van der Waals surface area contributed by atoms with Crippen LogP contribution in [0.1, 0.15) is 11.9 Å². The predicted molar refractivity (Wildman–Crippen MR) is 77.8 cm³/mol. The molecule has 8 heteroatoms. The van der Waals surface area contributed by atoms with Gasteiger partial charge in [-0.05, 0) is 32.0 Å². The third-order valence-electron chi connectivity index (χ3n) is 2.45. The van der Waals surface area contributed by atoms with Gasteiger partial charge in [0.15, 0.2) is 0 Å². The molecular formula is C12H12ClFN4OS. The lowest BCUT2D eigenvalue weighted by molar-refractivity contribution is -0.116. The zero-order chi connectivity index (χ0) is 14.7. The first kappa shape index (κ1) is 14.7. The lowest BCUT2D eigenvalue weighted by Gasteiger charge is -2.14. The maximum atomic E-state index is 13.0. The number of aryl methyl sites for hydroxylation is 1. The summed E-state index contributed by atoms with van der Waals surface area (Å²) in [6.45, 7) is 3.48. The van der Waals surface area contributed by atoms with Crippen LogP contribution in [0.4, 0.5) is 15.2 Å². The Morgan fingerprint density at radius 3 is 2.80 bits per heavy atom. The Morgan fingerprint density at radius 1 is 1.45 bits per heavy atom. The van der Waals surface area contributed by atoms with E-state index in [1.54, 1.807) is 13.8 Å². The molecule has 0 aliphatic carbocycles. The highest BCUT2D eigenvalue weighted by Crippen LogP contribution is 2.20. The predicted octanol–water partition coefficient (Wildman–Crippen LogP) is 3.08. The van der Waals surface area contributed by atoms with Crippen molar-refractivity contribution in [2.24, 2.45) is 0 Å². The minimum Gasteiger partial charge on any atom is -0.374 e. The van der Waals surface area contributed by atoms with Crippen molar-refractivity contribution >= 4 is 39.7 Å². The summed E-state index contributed by atoms with van der Waals surface area (Å²) in [5.41, 5.74) is 0.562. The van der Waals surface area contributed by atoms with E-state index in [0.717, 1.165) is 5.01 Å². The molecule has 1 amide bonds. The van der Waals surface area contributed by atoms with Gasteiger partial charge in [0.25, 0.3) is 0 Å². The summed E-state index contributed by atoms with van der Waals surface area (Å²) in [5.74, 6) is -0.764. The third-order valence-corrected chi connectivity index (χ3v) is 3.50. The number of anilines is 2. The van der Waals surface area contributed by atoms with Gasteiger partial charge in [0.2, 0.25) is 11.0 Å². The first-order valence-corrected chi connectivity index (χ1v) is 6.97. The van der Waals surface area contributed by atoms with Crippen LogP contribution in [0.5, 0.6) is 0 Å². The van der Waals surface area contributed by atoms with E-state index in [2.05, 4.69) is 20.8 Å². The molecule has 20 heavy (non-hydrogen) atoms. The molecule has 2 aromatic rings. The van der Waals surface area contributed by atoms with Crippen LogP contribution in [0.3, 0.4) is 0 Å². The fourth-order valence-electron chi connectivity index (χ4n) is 1.46. The summed E-state index contributed by atoms with van der Waals surface area (Å²) in [4.78, 5) is 11.9. The zero-order valence-corrected chi connectivity index (χ0v) is 12.3. The fraction of sp³-hybridized carbons (Fsp3) is 0.250. The summed E-state index contributed by atoms with van der Waals surface area (Å²) < 4.78 is 13.0. The molecule has 0 saturated carbocycles. The van der Waals surface area contributed by atoms with Crippen molar-refractivity contribution in [2.75, 3.05) is 10.6 Å². The van der Waals surface area contributed by atoms with Gasteiger partial charge in [-0.1, -0.05) is 22.9 Å². The van der Waals surface area contributed by atoms with Gasteiger partial charge >= 0.3 is 0 Å². The van der Waals surface area contributed by atoms with Gasteiger partial charge in [-0.2, -0.15) is 0 Å². The normalized spacial score (nSPS) is 12.0. The Labute approximate surface area is 124 Å². The van der Waals surface area contributed by atoms with Gasteiger partial charge in [0.05, 0.1) is 5.02 Å². The lowest BCUT2D eigenvalue weighted by atomic mass is 10.2. The van der Waals surface area contributed by atoms with Crippen molar-refractivity contribution < 1.29 is 9.18 Å². The Kier molecular flexibility index (Phi) is 4.51. The maximum absolute atomic E-state index is 13.0. The van der Waals surface area contributed by atoms with Crippen molar-refractivity contribution in [1.82, 2.24) is 10.2 Å². The van der Waals surface area contributed by atoms with Crippen molar-refractivity contribution in [2.45, 2.75) is 19.9 Å². The molecule has 0 bridgehead atoms. The highest BCUT2D eigenvalue weighted by Gasteiger charge is 2.15. The average molecular weight is 315 g/mol. The molecule has 0 radical (unpaired) electrons. The van der Waals surface area contributed by atoms with Gasteiger partial charge in [0, 0.05) is 5.69 Å². The average Bonchev–Trinajstić information content (AvgIpc) is 2.79. The van der Waals surface area contributed by atoms with E-state index in [1.807, 2.05) is 0 Å². The van der Waals surface area contributed by atoms with E-state index < -0.39 is 11.9 Å². The number of carbonyl (C=O) groups is 1. The first-order chi connectivity index (χ1) is 9.45. The van der Waals surface area contributed by atoms with Crippen LogP contribution in [0.15, 0.2) is 18.2 Å². The Hall–Kier alpha value is -1.73. The summed E-state index contributed by atoms with van der Waals surface area (Å²) in [5, 5.41) is 14.4. The van der Waals surface area contributed by atoms with E-state index in [9.17, 15) is 9.18 Å². The van der Waals surface area contributed by atoms with Gasteiger partial charge in [0.1, 0.15) is 16.9 Å². The van der Waals surface area contributed by atoms with Crippen molar-refractivity contribution in [1.29, 1.82) is 0 Å². The Balaban J connectivity index is 1.98. The van der Waals surface area contributed by atoms with E-state index in [-0.39, 0.29) is 10.9 Å². The number of hydrogen-bond acceptors (Lipinski definition) is 5. The minimum absolute atomic E-state index is 0.00218. The molecule has 0 aliphatic rings. The van der Waals surface area contributed by atoms with E-state index in [1.165, 1.54) is 29.5 Å². The molecule has 1 aromatic heterocycles. The molecule has 0 fully saturated rings. The number of nitrogens with one attached hydrogen (secondary N) is 2. The Morgan fingerprint density at radius 2 is 2.20 bits per heavy atom. The van der Waals surface area contributed by atoms with Crippen LogP contribution >= 0.6 is 22.9 Å². The highest BCUT2D eigenvalue weighted by atomic mass is 35.5. The van der Waals surface area contributed by atoms with E-state index >= 15 is 0 Å². The molecule has 2 N–H and O–H groups in total. The number of aromatic nitrogens is 2. The second-order valence-corrected chi connectivity index (χ2v) is 5.70. The number of nitrogens with zero attached hydrogens (tertiary/aromatic N) is 2. The van der Waals surface area contributed by atoms with Crippen molar-refractivity contribution in [3.05, 3.63) is 34.0 Å². The second kappa shape index (κ2) is 6.15. The van der Waals surface area contributed by atoms with Gasteiger partial charge in [-0.25, -0.2) is 4.39 Å². The fourth-order valence-corrected chi connectivity index (χ4v) is 2.24. The van der Waals surface area contributed by atoms with Gasteiger partial charge < -0.3 is 5.32 Å². The minimum atomic E-state index is -0.527. The number of amides is 1. The number of halogens is 2. The first-order valence-electron chi connectivity index (χ1n) is 5.78. The van der Waals surface area contributed by atoms with Crippen LogP contribution in [0.2, 0.25) is 5.02 Å². The quantitative estimate of drug-likeness (QED) is 0.910. The number of hydrogen-bond donors (Lipinski definition) is 2. The van der Waals surface area contributed by atoms with E-state index in [4.69, 9.17) is 11.6 Å². The van der Waals surface area contributed by atoms with E-state index in [0.29, 0.717) is 10.8 Å². The molecule has 106 valence electrons. The lowest BCUT2D eigenvalue weighted by Crippen LogP contribution is -2.31. The van der Waals surface area contributed by atoms with Crippen LogP contribution in [-0.4, -0.2) is 22.1 Å². The van der Waals surface area contributed by atoms with Crippen molar-refractivity contribution in [3.8, 4) is 0 Å². The zero-order valence-electron chi connectivity index (χ0n) is 10.8. The number of rotatable bonds is 4.